The van der Waals surface area contributed by atoms with Crippen molar-refractivity contribution in [2.75, 3.05) is 0 Å². The molecule has 0 aliphatic carbocycles. The maximum absolute atomic E-state index is 15.0. The first kappa shape index (κ1) is 57.8. The molecule has 0 aliphatic rings. The highest BCUT2D eigenvalue weighted by molar-refractivity contribution is 6.12. The van der Waals surface area contributed by atoms with Crippen LogP contribution in [0.4, 0.5) is 0 Å². The molecule has 2 atom stereocenters. The smallest absolute Gasteiger partial charge is 0.179 e. The molecule has 0 saturated carbocycles. The van der Waals surface area contributed by atoms with Crippen molar-refractivity contribution in [1.29, 1.82) is 0 Å². The Morgan fingerprint density at radius 2 is 0.293 bits per heavy atom. The van der Waals surface area contributed by atoms with Gasteiger partial charge < -0.3 is 10.2 Å². The summed E-state index contributed by atoms with van der Waals surface area (Å²) in [5.74, 6) is 13.9. The molecular formula is C90H62O2. The maximum atomic E-state index is 15.0. The molecule has 0 radical (unpaired) electrons. The van der Waals surface area contributed by atoms with Crippen LogP contribution in [0.1, 0.15) is 22.3 Å². The van der Waals surface area contributed by atoms with Gasteiger partial charge in [0.05, 0.1) is 0 Å². The van der Waals surface area contributed by atoms with E-state index in [9.17, 15) is 10.2 Å². The highest BCUT2D eigenvalue weighted by atomic mass is 16.3. The second kappa shape index (κ2) is 26.1. The molecule has 2 unspecified atom stereocenters. The summed E-state index contributed by atoms with van der Waals surface area (Å²) in [4.78, 5) is 0. The summed E-state index contributed by atoms with van der Waals surface area (Å²) < 4.78 is 0. The molecule has 434 valence electrons. The Kier molecular flexibility index (Phi) is 16.4. The van der Waals surface area contributed by atoms with Crippen LogP contribution >= 0.6 is 0 Å². The molecule has 92 heavy (non-hydrogen) atoms. The van der Waals surface area contributed by atoms with Crippen LogP contribution in [0, 0.1) is 23.7 Å². The van der Waals surface area contributed by atoms with Gasteiger partial charge in [0.1, 0.15) is 0 Å². The molecule has 0 bridgehead atoms. The Morgan fingerprint density at radius 3 is 0.457 bits per heavy atom. The van der Waals surface area contributed by atoms with Gasteiger partial charge in [-0.15, -0.1) is 0 Å². The van der Waals surface area contributed by atoms with Gasteiger partial charge in [-0.25, -0.2) is 0 Å². The van der Waals surface area contributed by atoms with E-state index in [0.29, 0.717) is 22.3 Å². The lowest BCUT2D eigenvalue weighted by atomic mass is 9.70. The first-order valence-electron chi connectivity index (χ1n) is 31.1. The van der Waals surface area contributed by atoms with E-state index in [1.165, 1.54) is 0 Å². The zero-order valence-corrected chi connectivity index (χ0v) is 50.5. The van der Waals surface area contributed by atoms with Crippen molar-refractivity contribution in [3.63, 3.8) is 0 Å². The Labute approximate surface area is 539 Å². The van der Waals surface area contributed by atoms with E-state index in [2.05, 4.69) is 278 Å². The lowest BCUT2D eigenvalue weighted by molar-refractivity contribution is 0.145. The molecule has 0 spiro atoms. The van der Waals surface area contributed by atoms with Crippen LogP contribution in [0.2, 0.25) is 0 Å². The minimum absolute atomic E-state index is 0.543. The molecule has 0 fully saturated rings. The van der Waals surface area contributed by atoms with Crippen LogP contribution in [-0.4, -0.2) is 10.2 Å². The number of benzene rings is 14. The Hall–Kier alpha value is -11.9. The fourth-order valence-corrected chi connectivity index (χ4v) is 13.3. The van der Waals surface area contributed by atoms with E-state index in [0.717, 1.165) is 111 Å². The summed E-state index contributed by atoms with van der Waals surface area (Å²) in [7, 11) is 0. The van der Waals surface area contributed by atoms with E-state index in [4.69, 9.17) is 0 Å². The van der Waals surface area contributed by atoms with Crippen molar-refractivity contribution < 1.29 is 10.2 Å². The molecular weight excluding hydrogens is 1110 g/mol. The fraction of sp³-hybridized carbons (Fsp3) is 0.0222. The van der Waals surface area contributed by atoms with Gasteiger partial charge in [0.2, 0.25) is 0 Å². The topological polar surface area (TPSA) is 40.5 Å². The number of hydrogen-bond donors (Lipinski definition) is 2. The summed E-state index contributed by atoms with van der Waals surface area (Å²) in [6.45, 7) is 0. The van der Waals surface area contributed by atoms with Crippen LogP contribution in [0.15, 0.2) is 364 Å². The summed E-state index contributed by atoms with van der Waals surface area (Å²) in [5, 5.41) is 29.9. The summed E-state index contributed by atoms with van der Waals surface area (Å²) >= 11 is 0. The van der Waals surface area contributed by atoms with Gasteiger partial charge in [-0.1, -0.05) is 364 Å². The van der Waals surface area contributed by atoms with Crippen molar-refractivity contribution in [2.24, 2.45) is 0 Å². The minimum Gasteiger partial charge on any atom is -0.369 e. The number of hydrogen-bond acceptors (Lipinski definition) is 2. The monoisotopic (exact) mass is 1170 g/mol. The predicted octanol–water partition coefficient (Wildman–Crippen LogP) is 21.5. The first-order chi connectivity index (χ1) is 45.5. The van der Waals surface area contributed by atoms with Gasteiger partial charge >= 0.3 is 0 Å². The van der Waals surface area contributed by atoms with E-state index in [1.807, 2.05) is 109 Å². The normalized spacial score (nSPS) is 12.2. The molecule has 0 aromatic heterocycles. The second-order valence-electron chi connectivity index (χ2n) is 22.8. The average Bonchev–Trinajstić information content (AvgIpc) is 0.716. The van der Waals surface area contributed by atoms with E-state index in [-0.39, 0.29) is 0 Å². The molecule has 2 heteroatoms. The molecule has 0 aliphatic heterocycles. The Bertz CT molecular complexity index is 4440. The molecule has 2 N–H and O–H groups in total. The molecule has 0 heterocycles. The zero-order chi connectivity index (χ0) is 62.1. The summed E-state index contributed by atoms with van der Waals surface area (Å²) in [6, 6.07) is 124. The predicted molar refractivity (Wildman–Crippen MR) is 382 cm³/mol. The standard InChI is InChI=1S/C90H62O2/c91-89(75-59-33-11-34-60-75,87-83(71-51-25-7-26-52-71)79(67-43-17-3-18-44-67)77(65-39-13-1-14-40-65)80(68-45-19-4-20-46-68)84(87)72-53-27-8-28-54-72)63-37-38-64-90(92,76-61-35-12-36-62-76)88-85(73-55-29-9-30-56-73)81(69-47-21-5-22-48-69)78(66-41-15-2-16-42-66)82(70-49-23-6-24-50-70)86(88)74-57-31-10-32-58-74/h1-36,39-62,91-92H. The van der Waals surface area contributed by atoms with E-state index < -0.39 is 11.2 Å². The summed E-state index contributed by atoms with van der Waals surface area (Å²) in [5.41, 5.74) is 16.5. The van der Waals surface area contributed by atoms with Gasteiger partial charge in [-0.2, -0.15) is 0 Å². The van der Waals surface area contributed by atoms with Gasteiger partial charge in [-0.3, -0.25) is 0 Å². The molecule has 14 rings (SSSR count). The van der Waals surface area contributed by atoms with Crippen molar-refractivity contribution in [3.05, 3.63) is 386 Å². The Balaban J connectivity index is 1.16. The molecule has 0 amide bonds. The molecule has 14 aromatic carbocycles. The van der Waals surface area contributed by atoms with Gasteiger partial charge in [-0.05, 0) is 135 Å². The fourth-order valence-electron chi connectivity index (χ4n) is 13.3. The van der Waals surface area contributed by atoms with Crippen molar-refractivity contribution >= 4 is 0 Å². The quantitative estimate of drug-likeness (QED) is 0.107. The van der Waals surface area contributed by atoms with Gasteiger partial charge in [0.25, 0.3) is 0 Å². The molecule has 14 aromatic rings. The summed E-state index contributed by atoms with van der Waals surface area (Å²) in [6.07, 6.45) is 0. The SMILES string of the molecule is OC(C#CC#CC(O)(c1ccccc1)c1c(-c2ccccc2)c(-c2ccccc2)c(-c2ccccc2)c(-c2ccccc2)c1-c1ccccc1)(c1ccccc1)c1c(-c2ccccc2)c(-c2ccccc2)c(-c2ccccc2)c(-c2ccccc2)c1-c1ccccc1. The number of aliphatic hydroxyl groups is 2. The van der Waals surface area contributed by atoms with E-state index >= 15 is 0 Å². The van der Waals surface area contributed by atoms with Crippen molar-refractivity contribution in [2.45, 2.75) is 11.2 Å². The first-order valence-corrected chi connectivity index (χ1v) is 31.1. The van der Waals surface area contributed by atoms with Crippen molar-refractivity contribution in [3.8, 4) is 135 Å². The van der Waals surface area contributed by atoms with Gasteiger partial charge in [0.15, 0.2) is 11.2 Å². The average molecular weight is 1180 g/mol. The third kappa shape index (κ3) is 11.0. The lowest BCUT2D eigenvalue weighted by Crippen LogP contribution is -2.29. The van der Waals surface area contributed by atoms with E-state index in [1.54, 1.807) is 0 Å². The zero-order valence-electron chi connectivity index (χ0n) is 50.5. The third-order valence-electron chi connectivity index (χ3n) is 17.3. The van der Waals surface area contributed by atoms with Crippen molar-refractivity contribution in [1.82, 2.24) is 0 Å². The van der Waals surface area contributed by atoms with Crippen LogP contribution in [0.3, 0.4) is 0 Å². The largest absolute Gasteiger partial charge is 0.369 e. The highest BCUT2D eigenvalue weighted by Gasteiger charge is 2.42. The maximum Gasteiger partial charge on any atom is 0.179 e. The molecule has 2 nitrogen and oxygen atoms in total. The lowest BCUT2D eigenvalue weighted by Gasteiger charge is -2.35. The second-order valence-corrected chi connectivity index (χ2v) is 22.8. The van der Waals surface area contributed by atoms with Crippen LogP contribution in [0.5, 0.6) is 0 Å². The number of rotatable bonds is 14. The Morgan fingerprint density at radius 1 is 0.163 bits per heavy atom. The molecule has 0 saturated heterocycles. The van der Waals surface area contributed by atoms with Gasteiger partial charge in [0, 0.05) is 22.3 Å². The van der Waals surface area contributed by atoms with Crippen LogP contribution in [0.25, 0.3) is 111 Å². The minimum atomic E-state index is -2.10. The third-order valence-corrected chi connectivity index (χ3v) is 17.3. The van der Waals surface area contributed by atoms with Crippen LogP contribution in [-0.2, 0) is 11.2 Å². The highest BCUT2D eigenvalue weighted by Crippen LogP contribution is 2.58. The van der Waals surface area contributed by atoms with Crippen LogP contribution < -0.4 is 0 Å².